The number of carbonyl (C=O) groups excluding carboxylic acids is 6. The lowest BCUT2D eigenvalue weighted by atomic mass is 10.1. The number of benzene rings is 2. The maximum Gasteiger partial charge on any atom is 0.356 e. The Labute approximate surface area is 175 Å². The standard InChI is InChI=1S/C21H15N3O7/c22-16(25)10-9-15(23-17(26)11-5-1-2-6-12(11)18(23)27)21(30)31-24-19(28)13-7-3-4-8-14(13)20(24)29/h1-8,15H,9-10H2,(H2,22,25). The van der Waals surface area contributed by atoms with Crippen molar-refractivity contribution in [3.63, 3.8) is 0 Å². The number of hydrogen-bond donors (Lipinski definition) is 1. The molecule has 0 spiro atoms. The van der Waals surface area contributed by atoms with E-state index < -0.39 is 41.5 Å². The number of fused-ring (bicyclic) bond motifs is 2. The summed E-state index contributed by atoms with van der Waals surface area (Å²) in [5.41, 5.74) is 5.44. The molecule has 0 fully saturated rings. The molecule has 156 valence electrons. The first-order valence-corrected chi connectivity index (χ1v) is 9.26. The molecule has 2 aliphatic rings. The van der Waals surface area contributed by atoms with Gasteiger partial charge in [0.05, 0.1) is 22.3 Å². The monoisotopic (exact) mass is 421 g/mol. The number of nitrogens with zero attached hydrogens (tertiary/aromatic N) is 2. The minimum Gasteiger partial charge on any atom is -0.370 e. The van der Waals surface area contributed by atoms with Gasteiger partial charge in [-0.15, -0.1) is 0 Å². The van der Waals surface area contributed by atoms with E-state index in [0.29, 0.717) is 4.90 Å². The number of carbonyl (C=O) groups is 6. The zero-order valence-corrected chi connectivity index (χ0v) is 15.9. The summed E-state index contributed by atoms with van der Waals surface area (Å²) < 4.78 is 0. The van der Waals surface area contributed by atoms with E-state index in [-0.39, 0.29) is 40.2 Å². The summed E-state index contributed by atoms with van der Waals surface area (Å²) in [5, 5.41) is 0.280. The van der Waals surface area contributed by atoms with Crippen molar-refractivity contribution >= 4 is 35.5 Å². The van der Waals surface area contributed by atoms with Crippen molar-refractivity contribution in [3.05, 3.63) is 70.8 Å². The van der Waals surface area contributed by atoms with Crippen LogP contribution in [0.15, 0.2) is 48.5 Å². The van der Waals surface area contributed by atoms with E-state index in [1.54, 1.807) is 24.3 Å². The molecule has 0 radical (unpaired) electrons. The predicted molar refractivity (Wildman–Crippen MR) is 102 cm³/mol. The first-order valence-electron chi connectivity index (χ1n) is 9.26. The topological polar surface area (TPSA) is 144 Å². The fourth-order valence-corrected chi connectivity index (χ4v) is 3.52. The molecule has 0 aliphatic carbocycles. The zero-order chi connectivity index (χ0) is 22.3. The Balaban J connectivity index is 1.62. The highest BCUT2D eigenvalue weighted by atomic mass is 16.7. The molecule has 0 saturated carbocycles. The van der Waals surface area contributed by atoms with E-state index >= 15 is 0 Å². The summed E-state index contributed by atoms with van der Waals surface area (Å²) in [6.45, 7) is 0. The van der Waals surface area contributed by atoms with Crippen molar-refractivity contribution in [2.24, 2.45) is 5.73 Å². The molecule has 2 aliphatic heterocycles. The average molecular weight is 421 g/mol. The van der Waals surface area contributed by atoms with Gasteiger partial charge in [0.25, 0.3) is 23.6 Å². The fourth-order valence-electron chi connectivity index (χ4n) is 3.52. The van der Waals surface area contributed by atoms with Gasteiger partial charge in [0, 0.05) is 6.42 Å². The highest BCUT2D eigenvalue weighted by Crippen LogP contribution is 2.28. The van der Waals surface area contributed by atoms with Gasteiger partial charge in [-0.25, -0.2) is 4.79 Å². The molecule has 0 bridgehead atoms. The van der Waals surface area contributed by atoms with Crippen LogP contribution in [0, 0.1) is 0 Å². The molecule has 4 rings (SSSR count). The van der Waals surface area contributed by atoms with Crippen LogP contribution < -0.4 is 5.73 Å². The summed E-state index contributed by atoms with van der Waals surface area (Å²) in [6.07, 6.45) is -0.669. The largest absolute Gasteiger partial charge is 0.370 e. The van der Waals surface area contributed by atoms with Crippen molar-refractivity contribution < 1.29 is 33.6 Å². The summed E-state index contributed by atoms with van der Waals surface area (Å²) >= 11 is 0. The maximum absolute atomic E-state index is 12.9. The average Bonchev–Trinajstić information content (AvgIpc) is 3.15. The molecule has 0 saturated heterocycles. The Bertz CT molecular complexity index is 1100. The van der Waals surface area contributed by atoms with E-state index in [2.05, 4.69) is 0 Å². The predicted octanol–water partition coefficient (Wildman–Crippen LogP) is 0.671. The maximum atomic E-state index is 12.9. The minimum absolute atomic E-state index is 0.0507. The lowest BCUT2D eigenvalue weighted by molar-refractivity contribution is -0.173. The molecule has 2 N–H and O–H groups in total. The summed E-state index contributed by atoms with van der Waals surface area (Å²) in [5.74, 6) is -5.21. The molecule has 2 aromatic carbocycles. The Hall–Kier alpha value is -4.34. The van der Waals surface area contributed by atoms with Crippen LogP contribution in [0.3, 0.4) is 0 Å². The lowest BCUT2D eigenvalue weighted by Crippen LogP contribution is -2.48. The van der Waals surface area contributed by atoms with Gasteiger partial charge in [-0.1, -0.05) is 29.3 Å². The molecular weight excluding hydrogens is 406 g/mol. The number of primary amides is 1. The van der Waals surface area contributed by atoms with E-state index in [1.807, 2.05) is 0 Å². The molecule has 2 aromatic rings. The highest BCUT2D eigenvalue weighted by Gasteiger charge is 2.46. The third-order valence-corrected chi connectivity index (χ3v) is 5.01. The molecule has 0 aromatic heterocycles. The number of imide groups is 2. The van der Waals surface area contributed by atoms with E-state index in [0.717, 1.165) is 0 Å². The molecule has 31 heavy (non-hydrogen) atoms. The Kier molecular flexibility index (Phi) is 4.82. The molecule has 2 heterocycles. The third kappa shape index (κ3) is 3.23. The number of nitrogens with two attached hydrogens (primary N) is 1. The van der Waals surface area contributed by atoms with Crippen LogP contribution in [0.2, 0.25) is 0 Å². The van der Waals surface area contributed by atoms with Gasteiger partial charge in [0.1, 0.15) is 6.04 Å². The molecular formula is C21H15N3O7. The molecule has 5 amide bonds. The fraction of sp³-hybridized carbons (Fsp3) is 0.143. The van der Waals surface area contributed by atoms with Gasteiger partial charge in [-0.3, -0.25) is 28.9 Å². The van der Waals surface area contributed by atoms with E-state index in [9.17, 15) is 28.8 Å². The van der Waals surface area contributed by atoms with Crippen molar-refractivity contribution in [3.8, 4) is 0 Å². The third-order valence-electron chi connectivity index (χ3n) is 5.01. The number of rotatable bonds is 6. The quantitative estimate of drug-likeness (QED) is 0.675. The highest BCUT2D eigenvalue weighted by molar-refractivity contribution is 6.23. The van der Waals surface area contributed by atoms with Gasteiger partial charge in [-0.2, -0.15) is 0 Å². The summed E-state index contributed by atoms with van der Waals surface area (Å²) in [6, 6.07) is 10.3. The van der Waals surface area contributed by atoms with Crippen molar-refractivity contribution in [2.75, 3.05) is 0 Å². The van der Waals surface area contributed by atoms with Crippen LogP contribution in [0.25, 0.3) is 0 Å². The van der Waals surface area contributed by atoms with Gasteiger partial charge in [0.15, 0.2) is 0 Å². The van der Waals surface area contributed by atoms with Crippen LogP contribution in [-0.2, 0) is 14.4 Å². The number of amides is 5. The van der Waals surface area contributed by atoms with Crippen molar-refractivity contribution in [2.45, 2.75) is 18.9 Å². The van der Waals surface area contributed by atoms with Crippen LogP contribution >= 0.6 is 0 Å². The smallest absolute Gasteiger partial charge is 0.356 e. The van der Waals surface area contributed by atoms with Crippen LogP contribution in [-0.4, -0.2) is 51.5 Å². The molecule has 1 unspecified atom stereocenters. The van der Waals surface area contributed by atoms with Gasteiger partial charge >= 0.3 is 5.97 Å². The molecule has 1 atom stereocenters. The lowest BCUT2D eigenvalue weighted by Gasteiger charge is -2.25. The molecule has 10 nitrogen and oxygen atoms in total. The number of hydroxylamine groups is 2. The second-order valence-corrected chi connectivity index (χ2v) is 6.91. The summed E-state index contributed by atoms with van der Waals surface area (Å²) in [4.78, 5) is 80.4. The number of hydrogen-bond acceptors (Lipinski definition) is 7. The van der Waals surface area contributed by atoms with Crippen LogP contribution in [0.5, 0.6) is 0 Å². The summed E-state index contributed by atoms with van der Waals surface area (Å²) in [7, 11) is 0. The van der Waals surface area contributed by atoms with E-state index in [4.69, 9.17) is 10.6 Å². The Morgan fingerprint density at radius 1 is 0.774 bits per heavy atom. The SMILES string of the molecule is NC(=O)CCC(C(=O)ON1C(=O)c2ccccc2C1=O)N1C(=O)c2ccccc2C1=O. The first-order chi connectivity index (χ1) is 14.8. The minimum atomic E-state index is -1.57. The van der Waals surface area contributed by atoms with Crippen molar-refractivity contribution in [1.29, 1.82) is 0 Å². The first kappa shape index (κ1) is 20.0. The Morgan fingerprint density at radius 3 is 1.61 bits per heavy atom. The van der Waals surface area contributed by atoms with Crippen LogP contribution in [0.1, 0.15) is 54.3 Å². The van der Waals surface area contributed by atoms with Gasteiger partial charge < -0.3 is 10.6 Å². The Morgan fingerprint density at radius 2 is 1.19 bits per heavy atom. The second-order valence-electron chi connectivity index (χ2n) is 6.91. The zero-order valence-electron chi connectivity index (χ0n) is 15.9. The van der Waals surface area contributed by atoms with E-state index in [1.165, 1.54) is 24.3 Å². The van der Waals surface area contributed by atoms with Gasteiger partial charge in [-0.05, 0) is 30.7 Å². The molecule has 10 heteroatoms. The van der Waals surface area contributed by atoms with Gasteiger partial charge in [0.2, 0.25) is 5.91 Å². The second kappa shape index (κ2) is 7.48. The van der Waals surface area contributed by atoms with Crippen molar-refractivity contribution in [1.82, 2.24) is 9.96 Å². The normalized spacial score (nSPS) is 15.7. The van der Waals surface area contributed by atoms with Crippen LogP contribution in [0.4, 0.5) is 0 Å².